The van der Waals surface area contributed by atoms with Crippen molar-refractivity contribution in [2.45, 2.75) is 71.8 Å². The van der Waals surface area contributed by atoms with Gasteiger partial charge in [-0.05, 0) is 89.5 Å². The smallest absolute Gasteiger partial charge is 0.333 e. The molecule has 0 aromatic heterocycles. The van der Waals surface area contributed by atoms with Crippen molar-refractivity contribution >= 4 is 5.97 Å². The van der Waals surface area contributed by atoms with Gasteiger partial charge in [-0.2, -0.15) is 0 Å². The van der Waals surface area contributed by atoms with Gasteiger partial charge in [0.1, 0.15) is 17.1 Å². The van der Waals surface area contributed by atoms with Crippen molar-refractivity contribution in [1.29, 1.82) is 0 Å². The molecule has 1 aliphatic heterocycles. The maximum absolute atomic E-state index is 11.4. The molecule has 1 aromatic carbocycles. The first-order valence-corrected chi connectivity index (χ1v) is 10.0. The van der Waals surface area contributed by atoms with Crippen LogP contribution in [0.2, 0.25) is 0 Å². The van der Waals surface area contributed by atoms with E-state index in [0.29, 0.717) is 5.57 Å². The van der Waals surface area contributed by atoms with E-state index < -0.39 is 0 Å². The lowest BCUT2D eigenvalue weighted by molar-refractivity contribution is -0.136. The van der Waals surface area contributed by atoms with Gasteiger partial charge in [0.25, 0.3) is 0 Å². The van der Waals surface area contributed by atoms with E-state index in [-0.39, 0.29) is 11.6 Å². The van der Waals surface area contributed by atoms with Crippen LogP contribution in [0.5, 0.6) is 11.5 Å². The van der Waals surface area contributed by atoms with Crippen LogP contribution in [0.4, 0.5) is 0 Å². The van der Waals surface area contributed by atoms with Gasteiger partial charge in [0, 0.05) is 5.57 Å². The summed E-state index contributed by atoms with van der Waals surface area (Å²) >= 11 is 0. The maximum atomic E-state index is 11.4. The molecular formula is C24H34O4. The third-order valence-electron chi connectivity index (χ3n) is 5.49. The third kappa shape index (κ3) is 5.88. The first-order valence-electron chi connectivity index (χ1n) is 10.0. The van der Waals surface area contributed by atoms with Crippen LogP contribution in [0.25, 0.3) is 0 Å². The highest BCUT2D eigenvalue weighted by Gasteiger charge is 2.32. The first-order chi connectivity index (χ1) is 13.3. The number of allylic oxidation sites excluding steroid dienone is 3. The standard InChI is InChI=1S/C24H34O4/c1-17(9-7-11-18(2)23(25)27-6)10-8-13-24(4)14-12-20-16-21(26-5)15-19(3)22(20)28-24/h10-11,15-16H,7-9,12-14H2,1-6H3/t24-/m0/s1. The largest absolute Gasteiger partial charge is 0.497 e. The highest BCUT2D eigenvalue weighted by Crippen LogP contribution is 2.40. The van der Waals surface area contributed by atoms with Crippen molar-refractivity contribution in [3.63, 3.8) is 0 Å². The lowest BCUT2D eigenvalue weighted by Gasteiger charge is -2.37. The van der Waals surface area contributed by atoms with Gasteiger partial charge in [-0.15, -0.1) is 0 Å². The predicted molar refractivity (Wildman–Crippen MR) is 113 cm³/mol. The molecule has 0 saturated carbocycles. The minimum absolute atomic E-state index is 0.134. The number of methoxy groups -OCH3 is 2. The monoisotopic (exact) mass is 386 g/mol. The summed E-state index contributed by atoms with van der Waals surface area (Å²) in [6, 6.07) is 4.13. The van der Waals surface area contributed by atoms with Crippen molar-refractivity contribution in [1.82, 2.24) is 0 Å². The lowest BCUT2D eigenvalue weighted by Crippen LogP contribution is -2.36. The number of fused-ring (bicyclic) bond motifs is 1. The predicted octanol–water partition coefficient (Wildman–Crippen LogP) is 5.71. The SMILES string of the molecule is COC(=O)C(C)=CCCC(C)=CCC[C@@]1(C)CCc2cc(OC)cc(C)c2O1. The molecule has 154 valence electrons. The summed E-state index contributed by atoms with van der Waals surface area (Å²) in [6.45, 7) is 8.24. The Hall–Kier alpha value is -2.23. The number of esters is 1. The zero-order valence-corrected chi connectivity index (χ0v) is 18.2. The van der Waals surface area contributed by atoms with E-state index in [1.807, 2.05) is 12.1 Å². The van der Waals surface area contributed by atoms with Gasteiger partial charge in [0.2, 0.25) is 0 Å². The summed E-state index contributed by atoms with van der Waals surface area (Å²) in [5, 5.41) is 0. The molecule has 1 aliphatic rings. The van der Waals surface area contributed by atoms with Crippen LogP contribution in [0, 0.1) is 6.92 Å². The summed E-state index contributed by atoms with van der Waals surface area (Å²) in [5.74, 6) is 1.68. The van der Waals surface area contributed by atoms with Gasteiger partial charge in [0.05, 0.1) is 14.2 Å². The quantitative estimate of drug-likeness (QED) is 0.326. The highest BCUT2D eigenvalue weighted by atomic mass is 16.5. The normalized spacial score (nSPS) is 19.6. The van der Waals surface area contributed by atoms with Crippen molar-refractivity contribution in [2.75, 3.05) is 14.2 Å². The molecule has 0 spiro atoms. The fourth-order valence-electron chi connectivity index (χ4n) is 3.62. The van der Waals surface area contributed by atoms with Crippen molar-refractivity contribution in [3.05, 3.63) is 46.6 Å². The zero-order valence-electron chi connectivity index (χ0n) is 18.2. The molecule has 1 heterocycles. The van der Waals surface area contributed by atoms with E-state index in [1.54, 1.807) is 14.0 Å². The number of carbonyl (C=O) groups is 1. The summed E-state index contributed by atoms with van der Waals surface area (Å²) < 4.78 is 16.5. The first kappa shape index (κ1) is 22.1. The summed E-state index contributed by atoms with van der Waals surface area (Å²) in [4.78, 5) is 11.4. The van der Waals surface area contributed by atoms with Crippen molar-refractivity contribution < 1.29 is 19.0 Å². The molecule has 4 nitrogen and oxygen atoms in total. The molecule has 0 aliphatic carbocycles. The van der Waals surface area contributed by atoms with Gasteiger partial charge in [-0.1, -0.05) is 17.7 Å². The molecule has 1 aromatic rings. The molecule has 0 bridgehead atoms. The molecule has 0 saturated heterocycles. The summed E-state index contributed by atoms with van der Waals surface area (Å²) in [6.07, 6.45) is 10.1. The van der Waals surface area contributed by atoms with Crippen LogP contribution in [-0.2, 0) is 16.0 Å². The van der Waals surface area contributed by atoms with Crippen LogP contribution in [0.15, 0.2) is 35.4 Å². The van der Waals surface area contributed by atoms with E-state index in [9.17, 15) is 4.79 Å². The topological polar surface area (TPSA) is 44.8 Å². The molecule has 28 heavy (non-hydrogen) atoms. The van der Waals surface area contributed by atoms with Gasteiger partial charge in [0.15, 0.2) is 0 Å². The van der Waals surface area contributed by atoms with Gasteiger partial charge in [-0.3, -0.25) is 0 Å². The van der Waals surface area contributed by atoms with Crippen LogP contribution >= 0.6 is 0 Å². The number of carbonyl (C=O) groups excluding carboxylic acids is 1. The van der Waals surface area contributed by atoms with Gasteiger partial charge < -0.3 is 14.2 Å². The molecule has 0 N–H and O–H groups in total. The highest BCUT2D eigenvalue weighted by molar-refractivity contribution is 5.87. The molecule has 0 fully saturated rings. The fraction of sp³-hybridized carbons (Fsp3) is 0.542. The maximum Gasteiger partial charge on any atom is 0.333 e. The molecule has 2 rings (SSSR count). The van der Waals surface area contributed by atoms with E-state index in [1.165, 1.54) is 18.2 Å². The van der Waals surface area contributed by atoms with Crippen molar-refractivity contribution in [3.8, 4) is 11.5 Å². The molecule has 4 heteroatoms. The number of benzene rings is 1. The molecule has 0 unspecified atom stereocenters. The van der Waals surface area contributed by atoms with Crippen LogP contribution in [0.1, 0.15) is 64.0 Å². The second-order valence-electron chi connectivity index (χ2n) is 7.99. The number of hydrogen-bond acceptors (Lipinski definition) is 4. The molecule has 1 atom stereocenters. The van der Waals surface area contributed by atoms with E-state index in [4.69, 9.17) is 14.2 Å². The second kappa shape index (κ2) is 9.81. The Balaban J connectivity index is 1.89. The third-order valence-corrected chi connectivity index (χ3v) is 5.49. The van der Waals surface area contributed by atoms with E-state index in [0.717, 1.165) is 55.6 Å². The number of aryl methyl sites for hydroxylation is 2. The Morgan fingerprint density at radius 2 is 1.96 bits per heavy atom. The minimum atomic E-state index is -0.253. The average Bonchev–Trinajstić information content (AvgIpc) is 2.67. The van der Waals surface area contributed by atoms with E-state index in [2.05, 4.69) is 32.9 Å². The Morgan fingerprint density at radius 1 is 1.21 bits per heavy atom. The Kier molecular flexibility index (Phi) is 7.73. The average molecular weight is 387 g/mol. The minimum Gasteiger partial charge on any atom is -0.497 e. The van der Waals surface area contributed by atoms with Crippen molar-refractivity contribution in [2.24, 2.45) is 0 Å². The number of hydrogen-bond donors (Lipinski definition) is 0. The molecule has 0 amide bonds. The van der Waals surface area contributed by atoms with E-state index >= 15 is 0 Å². The second-order valence-corrected chi connectivity index (χ2v) is 7.99. The Bertz CT molecular complexity index is 760. The lowest BCUT2D eigenvalue weighted by atomic mass is 9.87. The molecular weight excluding hydrogens is 352 g/mol. The number of rotatable bonds is 8. The van der Waals surface area contributed by atoms with Crippen LogP contribution in [0.3, 0.4) is 0 Å². The Morgan fingerprint density at radius 3 is 2.64 bits per heavy atom. The summed E-state index contributed by atoms with van der Waals surface area (Å²) in [5.41, 5.74) is 4.26. The van der Waals surface area contributed by atoms with Crippen LogP contribution < -0.4 is 9.47 Å². The number of ether oxygens (including phenoxy) is 3. The van der Waals surface area contributed by atoms with Gasteiger partial charge >= 0.3 is 5.97 Å². The summed E-state index contributed by atoms with van der Waals surface area (Å²) in [7, 11) is 3.12. The molecule has 0 radical (unpaired) electrons. The fourth-order valence-corrected chi connectivity index (χ4v) is 3.62. The van der Waals surface area contributed by atoms with Gasteiger partial charge in [-0.25, -0.2) is 4.79 Å². The Labute approximate surface area is 169 Å². The van der Waals surface area contributed by atoms with Crippen LogP contribution in [-0.4, -0.2) is 25.8 Å². The zero-order chi connectivity index (χ0) is 20.7.